The van der Waals surface area contributed by atoms with Gasteiger partial charge in [-0.1, -0.05) is 53.5 Å². The van der Waals surface area contributed by atoms with E-state index in [2.05, 4.69) is 0 Å². The van der Waals surface area contributed by atoms with Crippen LogP contribution in [0.15, 0.2) is 66.7 Å². The maximum absolute atomic E-state index is 11.4. The third-order valence-corrected chi connectivity index (χ3v) is 4.52. The Balaban J connectivity index is 2.12. The van der Waals surface area contributed by atoms with Crippen molar-refractivity contribution in [3.63, 3.8) is 0 Å². The van der Waals surface area contributed by atoms with Gasteiger partial charge in [0.2, 0.25) is 0 Å². The molecule has 108 valence electrons. The summed E-state index contributed by atoms with van der Waals surface area (Å²) in [5.74, 6) is 0. The molecule has 0 N–H and O–H groups in total. The lowest BCUT2D eigenvalue weighted by Crippen LogP contribution is -1.98. The van der Waals surface area contributed by atoms with Gasteiger partial charge in [-0.05, 0) is 58.7 Å². The van der Waals surface area contributed by atoms with Crippen LogP contribution in [0.1, 0.15) is 0 Å². The second-order valence-corrected chi connectivity index (χ2v) is 6.37. The average molecular weight is 345 g/mol. The van der Waals surface area contributed by atoms with Gasteiger partial charge in [0, 0.05) is 10.0 Å². The van der Waals surface area contributed by atoms with Gasteiger partial charge in [-0.2, -0.15) is 0 Å². The molecule has 4 heteroatoms. The van der Waals surface area contributed by atoms with E-state index in [0.717, 1.165) is 27.6 Å². The van der Waals surface area contributed by atoms with Crippen LogP contribution >= 0.6 is 31.7 Å². The van der Waals surface area contributed by atoms with Crippen LogP contribution in [0.25, 0.3) is 22.3 Å². The lowest BCUT2D eigenvalue weighted by atomic mass is 9.99. The van der Waals surface area contributed by atoms with Crippen molar-refractivity contribution in [2.45, 2.75) is 0 Å². The lowest BCUT2D eigenvalue weighted by Gasteiger charge is -2.09. The maximum Gasteiger partial charge on any atom is 0.192 e. The predicted octanol–water partition coefficient (Wildman–Crippen LogP) is 6.24. The number of hydrogen-bond donors (Lipinski definition) is 0. The highest BCUT2D eigenvalue weighted by Crippen LogP contribution is 2.28. The molecule has 0 saturated heterocycles. The van der Waals surface area contributed by atoms with Gasteiger partial charge in [-0.3, -0.25) is 4.57 Å². The zero-order valence-electron chi connectivity index (χ0n) is 11.5. The number of benzene rings is 3. The summed E-state index contributed by atoms with van der Waals surface area (Å²) in [5, 5.41) is 2.13. The van der Waals surface area contributed by atoms with Crippen molar-refractivity contribution >= 4 is 37.0 Å². The molecule has 0 spiro atoms. The van der Waals surface area contributed by atoms with E-state index in [1.165, 1.54) is 0 Å². The van der Waals surface area contributed by atoms with E-state index in [-0.39, 0.29) is 8.46 Å². The molecule has 0 fully saturated rings. The third-order valence-electron chi connectivity index (χ3n) is 3.43. The van der Waals surface area contributed by atoms with Crippen molar-refractivity contribution in [2.75, 3.05) is 0 Å². The minimum absolute atomic E-state index is 0.00186. The highest BCUT2D eigenvalue weighted by atomic mass is 35.5. The van der Waals surface area contributed by atoms with Crippen LogP contribution in [-0.4, -0.2) is 0 Å². The molecule has 3 aromatic carbocycles. The highest BCUT2D eigenvalue weighted by molar-refractivity contribution is 7.34. The first-order valence-electron chi connectivity index (χ1n) is 6.66. The fourth-order valence-corrected chi connectivity index (χ4v) is 2.98. The molecule has 0 unspecified atom stereocenters. The summed E-state index contributed by atoms with van der Waals surface area (Å²) in [7, 11) is -0.00186. The van der Waals surface area contributed by atoms with Gasteiger partial charge >= 0.3 is 0 Å². The zero-order valence-corrected chi connectivity index (χ0v) is 13.9. The average Bonchev–Trinajstić information content (AvgIpc) is 2.56. The van der Waals surface area contributed by atoms with Gasteiger partial charge in [-0.15, -0.1) is 0 Å². The van der Waals surface area contributed by atoms with Crippen molar-refractivity contribution in [3.05, 3.63) is 76.8 Å². The van der Waals surface area contributed by atoms with Crippen LogP contribution in [0.5, 0.6) is 0 Å². The van der Waals surface area contributed by atoms with Crippen LogP contribution < -0.4 is 5.30 Å². The minimum Gasteiger partial charge on any atom is -0.269 e. The second-order valence-electron chi connectivity index (χ2n) is 4.84. The van der Waals surface area contributed by atoms with Crippen LogP contribution in [0, 0.1) is 0 Å². The highest BCUT2D eigenvalue weighted by Gasteiger charge is 2.08. The Morgan fingerprint density at radius 2 is 1.14 bits per heavy atom. The van der Waals surface area contributed by atoms with Gasteiger partial charge in [0.25, 0.3) is 0 Å². The predicted molar refractivity (Wildman–Crippen MR) is 94.6 cm³/mol. The molecule has 0 atom stereocenters. The van der Waals surface area contributed by atoms with E-state index in [0.29, 0.717) is 10.0 Å². The van der Waals surface area contributed by atoms with Crippen LogP contribution in [0.2, 0.25) is 10.0 Å². The lowest BCUT2D eigenvalue weighted by molar-refractivity contribution is 0.603. The van der Waals surface area contributed by atoms with Crippen molar-refractivity contribution in [2.24, 2.45) is 0 Å². The summed E-state index contributed by atoms with van der Waals surface area (Å²) >= 11 is 11.9. The van der Waals surface area contributed by atoms with Crippen molar-refractivity contribution in [3.8, 4) is 22.3 Å². The molecular formula is C18H11Cl2OP. The van der Waals surface area contributed by atoms with E-state index in [1.54, 1.807) is 0 Å². The fraction of sp³-hybridized carbons (Fsp3) is 0. The molecule has 0 bridgehead atoms. The summed E-state index contributed by atoms with van der Waals surface area (Å²) in [6, 6.07) is 21.1. The molecule has 0 heterocycles. The molecule has 0 aromatic heterocycles. The summed E-state index contributed by atoms with van der Waals surface area (Å²) < 4.78 is 11.4. The van der Waals surface area contributed by atoms with E-state index in [9.17, 15) is 4.57 Å². The van der Waals surface area contributed by atoms with Gasteiger partial charge in [0.15, 0.2) is 8.46 Å². The summed E-state index contributed by atoms with van der Waals surface area (Å²) in [6.45, 7) is 0. The number of rotatable bonds is 3. The SMILES string of the molecule is O=Pc1ccc(-c2ccc(Cl)cc2)cc1-c1ccc(Cl)cc1. The van der Waals surface area contributed by atoms with Crippen LogP contribution in [0.3, 0.4) is 0 Å². The van der Waals surface area contributed by atoms with E-state index in [1.807, 2.05) is 66.7 Å². The van der Waals surface area contributed by atoms with Gasteiger partial charge in [-0.25, -0.2) is 0 Å². The Hall–Kier alpha value is -1.66. The number of hydrogen-bond acceptors (Lipinski definition) is 1. The zero-order chi connectivity index (χ0) is 15.5. The monoisotopic (exact) mass is 344 g/mol. The van der Waals surface area contributed by atoms with Crippen LogP contribution in [0.4, 0.5) is 0 Å². The third kappa shape index (κ3) is 3.23. The normalized spacial score (nSPS) is 10.8. The van der Waals surface area contributed by atoms with E-state index in [4.69, 9.17) is 23.2 Å². The van der Waals surface area contributed by atoms with Crippen molar-refractivity contribution in [1.82, 2.24) is 0 Å². The Bertz CT molecular complexity index is 811. The summed E-state index contributed by atoms with van der Waals surface area (Å²) in [5.41, 5.74) is 4.03. The minimum atomic E-state index is -0.00186. The van der Waals surface area contributed by atoms with E-state index >= 15 is 0 Å². The molecule has 0 amide bonds. The summed E-state index contributed by atoms with van der Waals surface area (Å²) in [6.07, 6.45) is 0. The maximum atomic E-state index is 11.4. The van der Waals surface area contributed by atoms with Crippen LogP contribution in [-0.2, 0) is 4.57 Å². The fourth-order valence-electron chi connectivity index (χ4n) is 2.30. The molecular weight excluding hydrogens is 334 g/mol. The second kappa shape index (κ2) is 6.62. The quantitative estimate of drug-likeness (QED) is 0.513. The van der Waals surface area contributed by atoms with Gasteiger partial charge in [0.05, 0.1) is 5.30 Å². The standard InChI is InChI=1S/C18H11Cl2OP/c19-15-6-1-12(2-7-15)14-5-10-18(22-21)17(11-14)13-3-8-16(20)9-4-13/h1-11H. The Labute approximate surface area is 140 Å². The molecule has 0 aliphatic rings. The Morgan fingerprint density at radius 1 is 0.636 bits per heavy atom. The molecule has 0 aliphatic heterocycles. The molecule has 3 aromatic rings. The first-order chi connectivity index (χ1) is 10.7. The molecule has 0 saturated carbocycles. The molecule has 3 rings (SSSR count). The molecule has 1 nitrogen and oxygen atoms in total. The Morgan fingerprint density at radius 3 is 1.68 bits per heavy atom. The summed E-state index contributed by atoms with van der Waals surface area (Å²) in [4.78, 5) is 0. The first kappa shape index (κ1) is 15.2. The topological polar surface area (TPSA) is 17.1 Å². The van der Waals surface area contributed by atoms with Gasteiger partial charge in [0.1, 0.15) is 0 Å². The first-order valence-corrected chi connectivity index (χ1v) is 8.23. The molecule has 0 radical (unpaired) electrons. The Kier molecular flexibility index (Phi) is 4.59. The van der Waals surface area contributed by atoms with Crippen molar-refractivity contribution in [1.29, 1.82) is 0 Å². The number of halogens is 2. The largest absolute Gasteiger partial charge is 0.269 e. The molecule has 0 aliphatic carbocycles. The van der Waals surface area contributed by atoms with Gasteiger partial charge < -0.3 is 0 Å². The van der Waals surface area contributed by atoms with Crippen molar-refractivity contribution < 1.29 is 4.57 Å². The molecule has 22 heavy (non-hydrogen) atoms. The smallest absolute Gasteiger partial charge is 0.192 e. The van der Waals surface area contributed by atoms with E-state index < -0.39 is 0 Å².